The zero-order valence-electron chi connectivity index (χ0n) is 24.9. The number of rotatable bonds is 16. The molecule has 0 saturated carbocycles. The number of ketones is 1. The summed E-state index contributed by atoms with van der Waals surface area (Å²) in [5, 5.41) is 11.5. The number of aliphatic hydroxyl groups is 1. The van der Waals surface area contributed by atoms with Crippen molar-refractivity contribution in [3.05, 3.63) is 64.7 Å². The highest BCUT2D eigenvalue weighted by atomic mass is 16.5. The molecule has 1 heterocycles. The number of ether oxygens (including phenoxy) is 2. The number of hydrogen-bond donors (Lipinski definition) is 1. The van der Waals surface area contributed by atoms with Gasteiger partial charge in [0.05, 0.1) is 24.8 Å². The lowest BCUT2D eigenvalue weighted by molar-refractivity contribution is -0.140. The Morgan fingerprint density at radius 1 is 0.875 bits per heavy atom. The number of benzene rings is 2. The second kappa shape index (κ2) is 15.5. The Morgan fingerprint density at radius 2 is 1.50 bits per heavy atom. The van der Waals surface area contributed by atoms with E-state index in [2.05, 4.69) is 32.6 Å². The Bertz CT molecular complexity index is 1150. The number of hydrogen-bond acceptors (Lipinski definition) is 6. The van der Waals surface area contributed by atoms with Gasteiger partial charge in [-0.1, -0.05) is 59.1 Å². The summed E-state index contributed by atoms with van der Waals surface area (Å²) in [6.45, 7) is 14.3. The van der Waals surface area contributed by atoms with Crippen LogP contribution in [0.5, 0.6) is 11.5 Å². The lowest BCUT2D eigenvalue weighted by atomic mass is 9.94. The van der Waals surface area contributed by atoms with Crippen LogP contribution in [0.25, 0.3) is 5.76 Å². The van der Waals surface area contributed by atoms with Gasteiger partial charge in [-0.05, 0) is 74.3 Å². The van der Waals surface area contributed by atoms with Gasteiger partial charge in [-0.25, -0.2) is 0 Å². The molecular weight excluding hydrogens is 504 g/mol. The first-order valence-electron chi connectivity index (χ1n) is 14.8. The first kappa shape index (κ1) is 31.2. The van der Waals surface area contributed by atoms with Gasteiger partial charge in [0, 0.05) is 18.7 Å². The average molecular weight is 551 g/mol. The molecule has 0 spiro atoms. The van der Waals surface area contributed by atoms with Crippen molar-refractivity contribution in [2.75, 3.05) is 39.4 Å². The molecular formula is C33H46N2O5. The number of Topliss-reactive ketones (excluding diaryl/α,β-unsaturated/α-hetero) is 1. The predicted octanol–water partition coefficient (Wildman–Crippen LogP) is 6.51. The molecule has 1 amide bonds. The van der Waals surface area contributed by atoms with Crippen molar-refractivity contribution < 1.29 is 24.2 Å². The van der Waals surface area contributed by atoms with Gasteiger partial charge in [0.25, 0.3) is 11.7 Å². The third-order valence-electron chi connectivity index (χ3n) is 7.52. The van der Waals surface area contributed by atoms with E-state index in [0.29, 0.717) is 37.6 Å². The van der Waals surface area contributed by atoms with Crippen LogP contribution in [0.1, 0.15) is 82.5 Å². The quantitative estimate of drug-likeness (QED) is 0.111. The summed E-state index contributed by atoms with van der Waals surface area (Å²) in [6.07, 6.45) is 5.23. The first-order valence-corrected chi connectivity index (χ1v) is 14.8. The third-order valence-corrected chi connectivity index (χ3v) is 7.52. The molecule has 1 atom stereocenters. The standard InChI is InChI=1S/C33H46N2O5/c1-6-10-12-22-39-26-15-13-25(14-16-26)30-29(32(37)33(38)35(30)20-19-34(8-3)9-4)31(36)28-18-17-27(23-24(28)5)40-21-11-7-2/h13-18,23,30,36H,6-12,19-22H2,1-5H3. The zero-order valence-corrected chi connectivity index (χ0v) is 24.9. The summed E-state index contributed by atoms with van der Waals surface area (Å²) in [4.78, 5) is 30.6. The van der Waals surface area contributed by atoms with Crippen LogP contribution in [0.3, 0.4) is 0 Å². The van der Waals surface area contributed by atoms with Crippen LogP contribution in [0.4, 0.5) is 0 Å². The summed E-state index contributed by atoms with van der Waals surface area (Å²) < 4.78 is 11.7. The Balaban J connectivity index is 1.98. The topological polar surface area (TPSA) is 79.3 Å². The van der Waals surface area contributed by atoms with Gasteiger partial charge in [0.1, 0.15) is 17.3 Å². The van der Waals surface area contributed by atoms with E-state index in [1.54, 1.807) is 17.0 Å². The van der Waals surface area contributed by atoms with Crippen molar-refractivity contribution in [2.45, 2.75) is 72.8 Å². The number of nitrogens with zero attached hydrogens (tertiary/aromatic N) is 2. The number of unbranched alkanes of at least 4 members (excludes halogenated alkanes) is 3. The Labute approximate surface area is 239 Å². The summed E-state index contributed by atoms with van der Waals surface area (Å²) in [6, 6.07) is 12.3. The Morgan fingerprint density at radius 3 is 2.12 bits per heavy atom. The van der Waals surface area contributed by atoms with E-state index >= 15 is 0 Å². The fourth-order valence-corrected chi connectivity index (χ4v) is 5.01. The minimum absolute atomic E-state index is 0.115. The van der Waals surface area contributed by atoms with Gasteiger partial charge < -0.3 is 24.4 Å². The number of aliphatic hydroxyl groups excluding tert-OH is 1. The summed E-state index contributed by atoms with van der Waals surface area (Å²) in [7, 11) is 0. The molecule has 1 fully saturated rings. The maximum Gasteiger partial charge on any atom is 0.295 e. The van der Waals surface area contributed by atoms with Crippen LogP contribution >= 0.6 is 0 Å². The highest BCUT2D eigenvalue weighted by Crippen LogP contribution is 2.40. The van der Waals surface area contributed by atoms with Crippen LogP contribution in [-0.4, -0.2) is 66.0 Å². The molecule has 1 aliphatic heterocycles. The first-order chi connectivity index (χ1) is 19.4. The van der Waals surface area contributed by atoms with Crippen molar-refractivity contribution >= 4 is 17.4 Å². The smallest absolute Gasteiger partial charge is 0.295 e. The van der Waals surface area contributed by atoms with E-state index in [1.807, 2.05) is 37.3 Å². The van der Waals surface area contributed by atoms with E-state index in [9.17, 15) is 14.7 Å². The van der Waals surface area contributed by atoms with Crippen molar-refractivity contribution in [1.29, 1.82) is 0 Å². The van der Waals surface area contributed by atoms with E-state index in [0.717, 1.165) is 62.1 Å². The average Bonchev–Trinajstić information content (AvgIpc) is 3.21. The second-order valence-electron chi connectivity index (χ2n) is 10.3. The summed E-state index contributed by atoms with van der Waals surface area (Å²) in [5.41, 5.74) is 2.17. The fourth-order valence-electron chi connectivity index (χ4n) is 5.01. The Kier molecular flexibility index (Phi) is 12.1. The van der Waals surface area contributed by atoms with Gasteiger partial charge >= 0.3 is 0 Å². The number of amides is 1. The molecule has 218 valence electrons. The molecule has 0 radical (unpaired) electrons. The highest BCUT2D eigenvalue weighted by Gasteiger charge is 2.46. The summed E-state index contributed by atoms with van der Waals surface area (Å²) >= 11 is 0. The molecule has 2 aromatic carbocycles. The molecule has 0 bridgehead atoms. The minimum Gasteiger partial charge on any atom is -0.507 e. The number of likely N-dealkylation sites (N-methyl/N-ethyl adjacent to an activating group) is 1. The number of carbonyl (C=O) groups is 2. The largest absolute Gasteiger partial charge is 0.507 e. The number of likely N-dealkylation sites (tertiary alicyclic amines) is 1. The van der Waals surface area contributed by atoms with Crippen molar-refractivity contribution in [3.8, 4) is 11.5 Å². The predicted molar refractivity (Wildman–Crippen MR) is 160 cm³/mol. The fraction of sp³-hybridized carbons (Fsp3) is 0.515. The Hall–Kier alpha value is -3.32. The van der Waals surface area contributed by atoms with E-state index < -0.39 is 17.7 Å². The van der Waals surface area contributed by atoms with Crippen LogP contribution in [0, 0.1) is 6.92 Å². The SMILES string of the molecule is CCCCCOc1ccc(C2C(=C(O)c3ccc(OCCCC)cc3C)C(=O)C(=O)N2CCN(CC)CC)cc1. The minimum atomic E-state index is -0.690. The molecule has 3 rings (SSSR count). The van der Waals surface area contributed by atoms with Crippen LogP contribution in [-0.2, 0) is 9.59 Å². The molecule has 0 aliphatic carbocycles. The maximum absolute atomic E-state index is 13.4. The molecule has 1 N–H and O–H groups in total. The normalized spacial score (nSPS) is 16.6. The molecule has 40 heavy (non-hydrogen) atoms. The van der Waals surface area contributed by atoms with Gasteiger partial charge in [-0.3, -0.25) is 9.59 Å². The zero-order chi connectivity index (χ0) is 29.1. The second-order valence-corrected chi connectivity index (χ2v) is 10.3. The molecule has 1 unspecified atom stereocenters. The van der Waals surface area contributed by atoms with E-state index in [4.69, 9.17) is 9.47 Å². The van der Waals surface area contributed by atoms with Gasteiger partial charge in [-0.2, -0.15) is 0 Å². The van der Waals surface area contributed by atoms with Gasteiger partial charge in [-0.15, -0.1) is 0 Å². The lowest BCUT2D eigenvalue weighted by Crippen LogP contribution is -2.38. The monoisotopic (exact) mass is 550 g/mol. The molecule has 7 nitrogen and oxygen atoms in total. The lowest BCUT2D eigenvalue weighted by Gasteiger charge is -2.28. The van der Waals surface area contributed by atoms with Crippen molar-refractivity contribution in [3.63, 3.8) is 0 Å². The van der Waals surface area contributed by atoms with Crippen molar-refractivity contribution in [2.24, 2.45) is 0 Å². The molecule has 2 aromatic rings. The van der Waals surface area contributed by atoms with Crippen molar-refractivity contribution in [1.82, 2.24) is 9.80 Å². The number of aryl methyl sites for hydroxylation is 1. The van der Waals surface area contributed by atoms with Crippen LogP contribution in [0.15, 0.2) is 48.0 Å². The number of carbonyl (C=O) groups excluding carboxylic acids is 2. The van der Waals surface area contributed by atoms with Crippen LogP contribution in [0.2, 0.25) is 0 Å². The van der Waals surface area contributed by atoms with E-state index in [1.165, 1.54) is 0 Å². The third kappa shape index (κ3) is 7.66. The highest BCUT2D eigenvalue weighted by molar-refractivity contribution is 6.46. The molecule has 1 aliphatic rings. The molecule has 0 aromatic heterocycles. The van der Waals surface area contributed by atoms with Gasteiger partial charge in [0.2, 0.25) is 0 Å². The van der Waals surface area contributed by atoms with Gasteiger partial charge in [0.15, 0.2) is 0 Å². The maximum atomic E-state index is 13.4. The van der Waals surface area contributed by atoms with E-state index in [-0.39, 0.29) is 11.3 Å². The molecule has 1 saturated heterocycles. The molecule has 7 heteroatoms. The summed E-state index contributed by atoms with van der Waals surface area (Å²) in [5.74, 6) is 0.0503. The van der Waals surface area contributed by atoms with Crippen LogP contribution < -0.4 is 9.47 Å².